The standard InChI is InChI=1S/C21H25N3O3S/c1-15-12-16(2)24(23-15)20(21-8-5-11-27-21)14-22-28(25,26)19-10-9-17-6-3-4-7-18(17)13-19/h5,8-13,20,22H,3-4,6-7,14H2,1-2H3. The summed E-state index contributed by atoms with van der Waals surface area (Å²) in [4.78, 5) is 0.319. The molecule has 0 radical (unpaired) electrons. The highest BCUT2D eigenvalue weighted by Gasteiger charge is 2.24. The summed E-state index contributed by atoms with van der Waals surface area (Å²) in [5.74, 6) is 0.666. The van der Waals surface area contributed by atoms with Gasteiger partial charge in [-0.25, -0.2) is 13.1 Å². The molecule has 28 heavy (non-hydrogen) atoms. The number of hydrogen-bond donors (Lipinski definition) is 1. The van der Waals surface area contributed by atoms with E-state index in [1.807, 2.05) is 42.8 Å². The van der Waals surface area contributed by atoms with Gasteiger partial charge in [-0.05, 0) is 81.0 Å². The minimum absolute atomic E-state index is 0.162. The number of aryl methyl sites for hydroxylation is 4. The molecule has 2 aromatic heterocycles. The van der Waals surface area contributed by atoms with Crippen molar-refractivity contribution in [2.24, 2.45) is 0 Å². The molecule has 0 aliphatic heterocycles. The first kappa shape index (κ1) is 19.0. The highest BCUT2D eigenvalue weighted by molar-refractivity contribution is 7.89. The van der Waals surface area contributed by atoms with Gasteiger partial charge in [0.2, 0.25) is 10.0 Å². The lowest BCUT2D eigenvalue weighted by Crippen LogP contribution is -2.32. The summed E-state index contributed by atoms with van der Waals surface area (Å²) in [5.41, 5.74) is 4.25. The average molecular weight is 400 g/mol. The third kappa shape index (κ3) is 3.77. The predicted octanol–water partition coefficient (Wildman–Crippen LogP) is 3.54. The normalized spacial score (nSPS) is 15.4. The second kappa shape index (κ2) is 7.56. The summed E-state index contributed by atoms with van der Waals surface area (Å²) in [6.45, 7) is 4.03. The van der Waals surface area contributed by atoms with Gasteiger partial charge in [-0.2, -0.15) is 5.10 Å². The Balaban J connectivity index is 1.59. The summed E-state index contributed by atoms with van der Waals surface area (Å²) < 4.78 is 36.0. The van der Waals surface area contributed by atoms with Crippen LogP contribution in [0.25, 0.3) is 0 Å². The van der Waals surface area contributed by atoms with Crippen molar-refractivity contribution >= 4 is 10.0 Å². The molecule has 2 heterocycles. The number of furan rings is 1. The van der Waals surface area contributed by atoms with Gasteiger partial charge >= 0.3 is 0 Å². The smallest absolute Gasteiger partial charge is 0.240 e. The van der Waals surface area contributed by atoms with Crippen molar-refractivity contribution in [3.05, 3.63) is 70.9 Å². The van der Waals surface area contributed by atoms with Crippen molar-refractivity contribution < 1.29 is 12.8 Å². The molecule has 1 atom stereocenters. The van der Waals surface area contributed by atoms with Gasteiger partial charge in [0.25, 0.3) is 0 Å². The molecule has 148 valence electrons. The third-order valence-electron chi connectivity index (χ3n) is 5.31. The molecular formula is C21H25N3O3S. The number of benzene rings is 1. The fraction of sp³-hybridized carbons (Fsp3) is 0.381. The zero-order valence-corrected chi connectivity index (χ0v) is 17.0. The number of rotatable bonds is 6. The summed E-state index contributed by atoms with van der Waals surface area (Å²) >= 11 is 0. The van der Waals surface area contributed by atoms with Crippen molar-refractivity contribution in [2.45, 2.75) is 50.5 Å². The molecule has 1 aromatic carbocycles. The van der Waals surface area contributed by atoms with E-state index in [-0.39, 0.29) is 12.6 Å². The number of aromatic nitrogens is 2. The van der Waals surface area contributed by atoms with Gasteiger partial charge in [-0.3, -0.25) is 4.68 Å². The summed E-state index contributed by atoms with van der Waals surface area (Å²) in [6.07, 6.45) is 5.85. The van der Waals surface area contributed by atoms with Crippen molar-refractivity contribution in [1.82, 2.24) is 14.5 Å². The molecule has 1 aliphatic rings. The Bertz CT molecular complexity index is 1070. The summed E-state index contributed by atoms with van der Waals surface area (Å²) in [6, 6.07) is 10.7. The zero-order valence-electron chi connectivity index (χ0n) is 16.2. The maximum atomic E-state index is 12.9. The van der Waals surface area contributed by atoms with Crippen LogP contribution in [0.1, 0.15) is 47.2 Å². The van der Waals surface area contributed by atoms with E-state index >= 15 is 0 Å². The van der Waals surface area contributed by atoms with E-state index in [9.17, 15) is 8.42 Å². The van der Waals surface area contributed by atoms with Crippen LogP contribution in [0.4, 0.5) is 0 Å². The van der Waals surface area contributed by atoms with Crippen LogP contribution >= 0.6 is 0 Å². The Labute approximate surface area is 165 Å². The molecule has 0 saturated heterocycles. The Morgan fingerprint density at radius 3 is 2.61 bits per heavy atom. The second-order valence-corrected chi connectivity index (χ2v) is 9.16. The van der Waals surface area contributed by atoms with Gasteiger partial charge in [0, 0.05) is 12.2 Å². The van der Waals surface area contributed by atoms with Gasteiger partial charge in [-0.1, -0.05) is 6.07 Å². The molecule has 6 nitrogen and oxygen atoms in total. The monoisotopic (exact) mass is 399 g/mol. The fourth-order valence-corrected chi connectivity index (χ4v) is 4.99. The summed E-state index contributed by atoms with van der Waals surface area (Å²) in [5, 5.41) is 4.52. The Morgan fingerprint density at radius 1 is 1.14 bits per heavy atom. The first-order valence-electron chi connectivity index (χ1n) is 9.62. The van der Waals surface area contributed by atoms with Crippen molar-refractivity contribution in [1.29, 1.82) is 0 Å². The Hall–Kier alpha value is -2.38. The van der Waals surface area contributed by atoms with E-state index in [0.29, 0.717) is 10.7 Å². The van der Waals surface area contributed by atoms with E-state index in [0.717, 1.165) is 36.2 Å². The molecule has 0 amide bonds. The van der Waals surface area contributed by atoms with Gasteiger partial charge in [0.1, 0.15) is 11.8 Å². The molecule has 7 heteroatoms. The van der Waals surface area contributed by atoms with Crippen LogP contribution in [-0.4, -0.2) is 24.7 Å². The molecular weight excluding hydrogens is 374 g/mol. The summed E-state index contributed by atoms with van der Waals surface area (Å²) in [7, 11) is -3.63. The SMILES string of the molecule is Cc1cc(C)n(C(CNS(=O)(=O)c2ccc3c(c2)CCCC3)c2ccco2)n1. The van der Waals surface area contributed by atoms with Crippen LogP contribution in [0.2, 0.25) is 0 Å². The van der Waals surface area contributed by atoms with Gasteiger partial charge < -0.3 is 4.42 Å². The quantitative estimate of drug-likeness (QED) is 0.688. The average Bonchev–Trinajstić information content (AvgIpc) is 3.32. The van der Waals surface area contributed by atoms with Crippen LogP contribution in [0.3, 0.4) is 0 Å². The molecule has 0 spiro atoms. The molecule has 1 unspecified atom stereocenters. The zero-order chi connectivity index (χ0) is 19.7. The van der Waals surface area contributed by atoms with Crippen LogP contribution in [-0.2, 0) is 22.9 Å². The first-order valence-corrected chi connectivity index (χ1v) is 11.1. The number of fused-ring (bicyclic) bond motifs is 1. The van der Waals surface area contributed by atoms with E-state index in [1.165, 1.54) is 12.0 Å². The van der Waals surface area contributed by atoms with Gasteiger partial charge in [0.05, 0.1) is 16.9 Å². The molecule has 0 bridgehead atoms. The van der Waals surface area contributed by atoms with E-state index in [1.54, 1.807) is 18.4 Å². The Kier molecular flexibility index (Phi) is 5.12. The highest BCUT2D eigenvalue weighted by Crippen LogP contribution is 2.25. The van der Waals surface area contributed by atoms with E-state index in [2.05, 4.69) is 9.82 Å². The maximum Gasteiger partial charge on any atom is 0.240 e. The van der Waals surface area contributed by atoms with Crippen molar-refractivity contribution in [2.75, 3.05) is 6.54 Å². The highest BCUT2D eigenvalue weighted by atomic mass is 32.2. The molecule has 4 rings (SSSR count). The van der Waals surface area contributed by atoms with E-state index < -0.39 is 10.0 Å². The molecule has 1 aliphatic carbocycles. The molecule has 1 N–H and O–H groups in total. The minimum Gasteiger partial charge on any atom is -0.467 e. The third-order valence-corrected chi connectivity index (χ3v) is 6.73. The number of nitrogens with zero attached hydrogens (tertiary/aromatic N) is 2. The van der Waals surface area contributed by atoms with E-state index in [4.69, 9.17) is 4.42 Å². The van der Waals surface area contributed by atoms with Crippen LogP contribution < -0.4 is 4.72 Å². The number of sulfonamides is 1. The molecule has 0 fully saturated rings. The van der Waals surface area contributed by atoms with Crippen molar-refractivity contribution in [3.8, 4) is 0 Å². The van der Waals surface area contributed by atoms with Gasteiger partial charge in [-0.15, -0.1) is 0 Å². The maximum absolute atomic E-state index is 12.9. The minimum atomic E-state index is -3.63. The van der Waals surface area contributed by atoms with Crippen LogP contribution in [0.5, 0.6) is 0 Å². The van der Waals surface area contributed by atoms with Gasteiger partial charge in [0.15, 0.2) is 0 Å². The first-order chi connectivity index (χ1) is 13.4. The molecule has 3 aromatic rings. The second-order valence-electron chi connectivity index (χ2n) is 7.39. The number of nitrogens with one attached hydrogen (secondary N) is 1. The predicted molar refractivity (Wildman–Crippen MR) is 107 cm³/mol. The largest absolute Gasteiger partial charge is 0.467 e. The Morgan fingerprint density at radius 2 is 1.93 bits per heavy atom. The fourth-order valence-electron chi connectivity index (χ4n) is 3.90. The lowest BCUT2D eigenvalue weighted by Gasteiger charge is -2.19. The van der Waals surface area contributed by atoms with Crippen LogP contribution in [0.15, 0.2) is 52.0 Å². The molecule has 0 saturated carbocycles. The lowest BCUT2D eigenvalue weighted by atomic mass is 9.92. The topological polar surface area (TPSA) is 77.1 Å². The number of hydrogen-bond acceptors (Lipinski definition) is 4. The lowest BCUT2D eigenvalue weighted by molar-refractivity contribution is 0.397. The van der Waals surface area contributed by atoms with Crippen molar-refractivity contribution in [3.63, 3.8) is 0 Å². The van der Waals surface area contributed by atoms with Crippen LogP contribution in [0, 0.1) is 13.8 Å².